The Balaban J connectivity index is 2.21. The van der Waals surface area contributed by atoms with E-state index in [4.69, 9.17) is 0 Å². The van der Waals surface area contributed by atoms with Crippen LogP contribution >= 0.6 is 0 Å². The number of hydrogen-bond acceptors (Lipinski definition) is 2. The third-order valence-corrected chi connectivity index (χ3v) is 5.88. The van der Waals surface area contributed by atoms with Crippen LogP contribution in [0.5, 0.6) is 0 Å². The molecule has 0 amide bonds. The van der Waals surface area contributed by atoms with E-state index >= 15 is 0 Å². The van der Waals surface area contributed by atoms with Crippen LogP contribution in [0.3, 0.4) is 0 Å². The highest BCUT2D eigenvalue weighted by molar-refractivity contribution is 7.84. The van der Waals surface area contributed by atoms with Crippen LogP contribution in [-0.4, -0.2) is 28.3 Å². The van der Waals surface area contributed by atoms with E-state index in [-0.39, 0.29) is 0 Å². The Morgan fingerprint density at radius 3 is 2.50 bits per heavy atom. The maximum absolute atomic E-state index is 11.3. The van der Waals surface area contributed by atoms with Crippen molar-refractivity contribution in [1.29, 1.82) is 0 Å². The van der Waals surface area contributed by atoms with E-state index in [0.29, 0.717) is 11.3 Å². The fraction of sp³-hybridized carbons (Fsp3) is 1.00. The van der Waals surface area contributed by atoms with E-state index in [9.17, 15) is 4.21 Å². The zero-order valence-corrected chi connectivity index (χ0v) is 13.4. The molecule has 0 aromatic rings. The fourth-order valence-electron chi connectivity index (χ4n) is 2.86. The molecule has 1 aliphatic rings. The fourth-order valence-corrected chi connectivity index (χ4v) is 3.31. The van der Waals surface area contributed by atoms with Gasteiger partial charge in [-0.15, -0.1) is 0 Å². The molecule has 1 rings (SSSR count). The maximum Gasteiger partial charge on any atom is 0.0329 e. The van der Waals surface area contributed by atoms with Gasteiger partial charge in [0.1, 0.15) is 0 Å². The van der Waals surface area contributed by atoms with Gasteiger partial charge in [-0.1, -0.05) is 33.6 Å². The molecule has 0 saturated heterocycles. The van der Waals surface area contributed by atoms with Gasteiger partial charge in [0.15, 0.2) is 0 Å². The molecule has 1 aliphatic carbocycles. The van der Waals surface area contributed by atoms with Gasteiger partial charge in [0.25, 0.3) is 0 Å². The smallest absolute Gasteiger partial charge is 0.0329 e. The van der Waals surface area contributed by atoms with Gasteiger partial charge in [-0.05, 0) is 44.1 Å². The monoisotopic (exact) mass is 273 g/mol. The molecule has 1 N–H and O–H groups in total. The lowest BCUT2D eigenvalue weighted by molar-refractivity contribution is 0.338. The maximum atomic E-state index is 11.3. The summed E-state index contributed by atoms with van der Waals surface area (Å²) >= 11 is 0. The topological polar surface area (TPSA) is 29.1 Å². The quantitative estimate of drug-likeness (QED) is 0.752. The van der Waals surface area contributed by atoms with Crippen molar-refractivity contribution >= 4 is 10.8 Å². The van der Waals surface area contributed by atoms with Gasteiger partial charge in [0.2, 0.25) is 0 Å². The molecule has 1 saturated carbocycles. The zero-order chi connectivity index (χ0) is 13.5. The molecule has 0 aromatic carbocycles. The third-order valence-electron chi connectivity index (χ3n) is 4.51. The summed E-state index contributed by atoms with van der Waals surface area (Å²) in [7, 11) is -0.672. The van der Waals surface area contributed by atoms with Gasteiger partial charge >= 0.3 is 0 Å². The second-order valence-corrected chi connectivity index (χ2v) is 8.06. The van der Waals surface area contributed by atoms with E-state index in [2.05, 4.69) is 26.1 Å². The molecule has 0 radical (unpaired) electrons. The minimum atomic E-state index is -0.672. The summed E-state index contributed by atoms with van der Waals surface area (Å²) in [6.45, 7) is 7.82. The summed E-state index contributed by atoms with van der Waals surface area (Å²) in [6.07, 6.45) is 9.65. The van der Waals surface area contributed by atoms with E-state index in [1.165, 1.54) is 32.1 Å². The summed E-state index contributed by atoms with van der Waals surface area (Å²) in [5.41, 5.74) is 0. The van der Waals surface area contributed by atoms with Gasteiger partial charge in [0, 0.05) is 28.3 Å². The zero-order valence-electron chi connectivity index (χ0n) is 12.6. The van der Waals surface area contributed by atoms with Crippen molar-refractivity contribution in [3.05, 3.63) is 0 Å². The Morgan fingerprint density at radius 1 is 1.17 bits per heavy atom. The van der Waals surface area contributed by atoms with Crippen LogP contribution in [0.1, 0.15) is 59.3 Å². The Labute approximate surface area is 116 Å². The highest BCUT2D eigenvalue weighted by atomic mass is 32.2. The summed E-state index contributed by atoms with van der Waals surface area (Å²) in [4.78, 5) is 0. The summed E-state index contributed by atoms with van der Waals surface area (Å²) in [6, 6.07) is 0.700. The average Bonchev–Trinajstić information content (AvgIpc) is 2.54. The summed E-state index contributed by atoms with van der Waals surface area (Å²) in [5, 5.41) is 4.00. The van der Waals surface area contributed by atoms with Crippen LogP contribution in [0.2, 0.25) is 0 Å². The summed E-state index contributed by atoms with van der Waals surface area (Å²) in [5.74, 6) is 1.77. The first kappa shape index (κ1) is 16.2. The van der Waals surface area contributed by atoms with Crippen LogP contribution in [0.25, 0.3) is 0 Å². The lowest BCUT2D eigenvalue weighted by Gasteiger charge is -2.19. The average molecular weight is 273 g/mol. The molecule has 4 atom stereocenters. The Hall–Kier alpha value is 0.110. The highest BCUT2D eigenvalue weighted by Crippen LogP contribution is 2.28. The van der Waals surface area contributed by atoms with Crippen LogP contribution in [0.15, 0.2) is 0 Å². The molecule has 0 aliphatic heterocycles. The largest absolute Gasteiger partial charge is 0.314 e. The van der Waals surface area contributed by atoms with E-state index in [1.54, 1.807) is 0 Å². The van der Waals surface area contributed by atoms with Gasteiger partial charge in [0.05, 0.1) is 0 Å². The molecule has 108 valence electrons. The van der Waals surface area contributed by atoms with Crippen molar-refractivity contribution in [3.63, 3.8) is 0 Å². The Kier molecular flexibility index (Phi) is 7.47. The molecular formula is C15H31NOS. The van der Waals surface area contributed by atoms with Gasteiger partial charge in [-0.3, -0.25) is 4.21 Å². The molecule has 1 fully saturated rings. The first-order valence-electron chi connectivity index (χ1n) is 7.56. The lowest BCUT2D eigenvalue weighted by Crippen LogP contribution is -2.31. The first-order chi connectivity index (χ1) is 8.50. The Bertz CT molecular complexity index is 255. The van der Waals surface area contributed by atoms with E-state index in [0.717, 1.165) is 24.8 Å². The molecule has 18 heavy (non-hydrogen) atoms. The number of nitrogens with one attached hydrogen (secondary N) is 1. The van der Waals surface area contributed by atoms with Crippen molar-refractivity contribution in [2.24, 2.45) is 11.8 Å². The number of rotatable bonds is 6. The van der Waals surface area contributed by atoms with Gasteiger partial charge in [-0.25, -0.2) is 0 Å². The SMILES string of the molecule is CC(C)C1CCCC(NCCC(C)S(C)=O)CC1. The molecule has 0 bridgehead atoms. The minimum Gasteiger partial charge on any atom is -0.314 e. The second kappa shape index (κ2) is 8.31. The van der Waals surface area contributed by atoms with Crippen LogP contribution in [0.4, 0.5) is 0 Å². The van der Waals surface area contributed by atoms with Crippen LogP contribution in [0, 0.1) is 11.8 Å². The van der Waals surface area contributed by atoms with Crippen molar-refractivity contribution in [3.8, 4) is 0 Å². The molecule has 0 aromatic heterocycles. The van der Waals surface area contributed by atoms with Crippen molar-refractivity contribution < 1.29 is 4.21 Å². The molecular weight excluding hydrogens is 242 g/mol. The van der Waals surface area contributed by atoms with Crippen LogP contribution in [-0.2, 0) is 10.8 Å². The normalized spacial score (nSPS) is 28.9. The van der Waals surface area contributed by atoms with Crippen molar-refractivity contribution in [2.45, 2.75) is 70.6 Å². The molecule has 2 nitrogen and oxygen atoms in total. The molecule has 3 heteroatoms. The predicted octanol–water partition coefficient (Wildman–Crippen LogP) is 3.34. The molecule has 0 spiro atoms. The minimum absolute atomic E-state index is 0.326. The highest BCUT2D eigenvalue weighted by Gasteiger charge is 2.20. The second-order valence-electron chi connectivity index (χ2n) is 6.26. The predicted molar refractivity (Wildman–Crippen MR) is 81.3 cm³/mol. The standard InChI is InChI=1S/C15H31NOS/c1-12(2)14-6-5-7-15(9-8-14)16-11-10-13(3)18(4)17/h12-16H,5-11H2,1-4H3. The van der Waals surface area contributed by atoms with Crippen molar-refractivity contribution in [2.75, 3.05) is 12.8 Å². The third kappa shape index (κ3) is 5.83. The van der Waals surface area contributed by atoms with Crippen LogP contribution < -0.4 is 5.32 Å². The number of hydrogen-bond donors (Lipinski definition) is 1. The Morgan fingerprint density at radius 2 is 1.89 bits per heavy atom. The van der Waals surface area contributed by atoms with E-state index < -0.39 is 10.8 Å². The molecule has 4 unspecified atom stereocenters. The van der Waals surface area contributed by atoms with Crippen molar-refractivity contribution in [1.82, 2.24) is 5.32 Å². The molecule has 0 heterocycles. The summed E-state index contributed by atoms with van der Waals surface area (Å²) < 4.78 is 11.3. The first-order valence-corrected chi connectivity index (χ1v) is 9.18. The lowest BCUT2D eigenvalue weighted by atomic mass is 9.89. The van der Waals surface area contributed by atoms with Gasteiger partial charge in [-0.2, -0.15) is 0 Å². The van der Waals surface area contributed by atoms with Gasteiger partial charge < -0.3 is 5.32 Å². The van der Waals surface area contributed by atoms with E-state index in [1.807, 2.05) is 6.26 Å².